The van der Waals surface area contributed by atoms with Crippen molar-refractivity contribution in [3.8, 4) is 10.4 Å². The monoisotopic (exact) mass is 342 g/mol. The van der Waals surface area contributed by atoms with Crippen LogP contribution in [0.1, 0.15) is 9.67 Å². The zero-order valence-electron chi connectivity index (χ0n) is 11.1. The first kappa shape index (κ1) is 15.8. The van der Waals surface area contributed by atoms with Crippen LogP contribution in [-0.4, -0.2) is 30.3 Å². The minimum atomic E-state index is -0.549. The third kappa shape index (κ3) is 3.75. The van der Waals surface area contributed by atoms with Crippen molar-refractivity contribution in [2.75, 3.05) is 13.6 Å². The second-order valence-corrected chi connectivity index (χ2v) is 6.32. The number of likely N-dealkylation sites (N-methyl/N-ethyl adjacent to an activating group) is 1. The van der Waals surface area contributed by atoms with E-state index in [9.17, 15) is 9.59 Å². The normalized spacial score (nSPS) is 10.4. The first-order chi connectivity index (χ1) is 9.88. The molecule has 0 fully saturated rings. The maximum Gasteiger partial charge on any atom is 0.264 e. The van der Waals surface area contributed by atoms with Gasteiger partial charge in [-0.25, -0.2) is 0 Å². The first-order valence-corrected chi connectivity index (χ1v) is 7.54. The zero-order valence-corrected chi connectivity index (χ0v) is 13.4. The van der Waals surface area contributed by atoms with E-state index in [-0.39, 0.29) is 12.5 Å². The number of benzene rings is 1. The highest BCUT2D eigenvalue weighted by atomic mass is 35.5. The van der Waals surface area contributed by atoms with Gasteiger partial charge in [0.15, 0.2) is 0 Å². The third-order valence-electron chi connectivity index (χ3n) is 2.76. The lowest BCUT2D eigenvalue weighted by Gasteiger charge is -2.13. The van der Waals surface area contributed by atoms with Gasteiger partial charge in [-0.1, -0.05) is 29.3 Å². The summed E-state index contributed by atoms with van der Waals surface area (Å²) in [6, 6.07) is 8.83. The van der Waals surface area contributed by atoms with Crippen molar-refractivity contribution in [3.05, 3.63) is 45.3 Å². The predicted molar refractivity (Wildman–Crippen MR) is 85.9 cm³/mol. The fourth-order valence-corrected chi connectivity index (χ4v) is 3.05. The second kappa shape index (κ2) is 6.47. The highest BCUT2D eigenvalue weighted by molar-refractivity contribution is 7.17. The molecule has 0 aliphatic rings. The van der Waals surface area contributed by atoms with Gasteiger partial charge in [-0.3, -0.25) is 9.59 Å². The van der Waals surface area contributed by atoms with Gasteiger partial charge >= 0.3 is 0 Å². The predicted octanol–water partition coefficient (Wildman–Crippen LogP) is 3.28. The van der Waals surface area contributed by atoms with Gasteiger partial charge in [-0.15, -0.1) is 11.3 Å². The summed E-state index contributed by atoms with van der Waals surface area (Å²) < 4.78 is 0. The van der Waals surface area contributed by atoms with Crippen LogP contribution in [-0.2, 0) is 4.79 Å². The zero-order chi connectivity index (χ0) is 15.6. The molecule has 0 saturated carbocycles. The van der Waals surface area contributed by atoms with E-state index >= 15 is 0 Å². The largest absolute Gasteiger partial charge is 0.368 e. The average Bonchev–Trinajstić information content (AvgIpc) is 2.89. The van der Waals surface area contributed by atoms with Gasteiger partial charge in [0, 0.05) is 11.9 Å². The van der Waals surface area contributed by atoms with Crippen molar-refractivity contribution in [2.45, 2.75) is 0 Å². The van der Waals surface area contributed by atoms with Crippen LogP contribution in [0.15, 0.2) is 30.3 Å². The Labute approximate surface area is 136 Å². The molecule has 1 aromatic carbocycles. The van der Waals surface area contributed by atoms with E-state index in [4.69, 9.17) is 28.9 Å². The van der Waals surface area contributed by atoms with Crippen LogP contribution in [0.2, 0.25) is 10.0 Å². The van der Waals surface area contributed by atoms with Crippen molar-refractivity contribution in [2.24, 2.45) is 5.73 Å². The van der Waals surface area contributed by atoms with Crippen molar-refractivity contribution < 1.29 is 9.59 Å². The maximum absolute atomic E-state index is 12.1. The quantitative estimate of drug-likeness (QED) is 0.926. The molecule has 7 heteroatoms. The Balaban J connectivity index is 2.23. The summed E-state index contributed by atoms with van der Waals surface area (Å²) in [7, 11) is 1.53. The van der Waals surface area contributed by atoms with Gasteiger partial charge in [0.25, 0.3) is 5.91 Å². The van der Waals surface area contributed by atoms with E-state index in [1.807, 2.05) is 12.1 Å². The third-order valence-corrected chi connectivity index (χ3v) is 4.62. The van der Waals surface area contributed by atoms with E-state index in [0.717, 1.165) is 10.4 Å². The number of nitrogens with zero attached hydrogens (tertiary/aromatic N) is 1. The molecule has 21 heavy (non-hydrogen) atoms. The molecule has 2 aromatic rings. The Kier molecular flexibility index (Phi) is 4.88. The van der Waals surface area contributed by atoms with Crippen LogP contribution >= 0.6 is 34.5 Å². The number of nitrogens with two attached hydrogens (primary N) is 1. The highest BCUT2D eigenvalue weighted by Crippen LogP contribution is 2.33. The number of thiophene rings is 1. The Morgan fingerprint density at radius 1 is 1.19 bits per heavy atom. The summed E-state index contributed by atoms with van der Waals surface area (Å²) >= 11 is 13.2. The molecular weight excluding hydrogens is 331 g/mol. The lowest BCUT2D eigenvalue weighted by Crippen LogP contribution is -2.34. The summed E-state index contributed by atoms with van der Waals surface area (Å²) in [6.45, 7) is -0.112. The van der Waals surface area contributed by atoms with Crippen molar-refractivity contribution in [1.82, 2.24) is 4.90 Å². The Bertz CT molecular complexity index is 700. The molecule has 2 rings (SSSR count). The standard InChI is InChI=1S/C14H12Cl2N2O2S/c1-18(7-13(17)19)14(20)12-5-4-11(21-12)8-2-3-9(15)10(16)6-8/h2-6H,7H2,1H3,(H2,17,19). The molecule has 4 nitrogen and oxygen atoms in total. The number of carbonyl (C=O) groups excluding carboxylic acids is 2. The molecule has 110 valence electrons. The van der Waals surface area contributed by atoms with Gasteiger partial charge in [-0.2, -0.15) is 0 Å². The van der Waals surface area contributed by atoms with Gasteiger partial charge in [0.1, 0.15) is 0 Å². The van der Waals surface area contributed by atoms with E-state index < -0.39 is 5.91 Å². The van der Waals surface area contributed by atoms with Gasteiger partial charge in [-0.05, 0) is 29.8 Å². The van der Waals surface area contributed by atoms with Crippen LogP contribution in [0.5, 0.6) is 0 Å². The molecular formula is C14H12Cl2N2O2S. The molecule has 0 saturated heterocycles. The average molecular weight is 343 g/mol. The number of amides is 2. The van der Waals surface area contributed by atoms with Crippen LogP contribution in [0.25, 0.3) is 10.4 Å². The number of primary amides is 1. The Hall–Kier alpha value is -1.56. The lowest BCUT2D eigenvalue weighted by atomic mass is 10.2. The summed E-state index contributed by atoms with van der Waals surface area (Å²) in [5.74, 6) is -0.794. The van der Waals surface area contributed by atoms with Gasteiger partial charge in [0.05, 0.1) is 21.5 Å². The molecule has 0 aliphatic carbocycles. The number of rotatable bonds is 4. The summed E-state index contributed by atoms with van der Waals surface area (Å²) in [6.07, 6.45) is 0. The minimum Gasteiger partial charge on any atom is -0.368 e. The summed E-state index contributed by atoms with van der Waals surface area (Å²) in [5, 5.41) is 0.941. The van der Waals surface area contributed by atoms with E-state index in [1.165, 1.54) is 23.3 Å². The molecule has 0 bridgehead atoms. The van der Waals surface area contributed by atoms with E-state index in [0.29, 0.717) is 14.9 Å². The SMILES string of the molecule is CN(CC(N)=O)C(=O)c1ccc(-c2ccc(Cl)c(Cl)c2)s1. The lowest BCUT2D eigenvalue weighted by molar-refractivity contribution is -0.118. The molecule has 0 unspecified atom stereocenters. The summed E-state index contributed by atoms with van der Waals surface area (Å²) in [5.41, 5.74) is 5.96. The number of halogens is 2. The molecule has 2 N–H and O–H groups in total. The Morgan fingerprint density at radius 3 is 2.52 bits per heavy atom. The molecule has 1 aromatic heterocycles. The second-order valence-electron chi connectivity index (χ2n) is 4.42. The van der Waals surface area contributed by atoms with Crippen molar-refractivity contribution in [1.29, 1.82) is 0 Å². The number of hydrogen-bond donors (Lipinski definition) is 1. The van der Waals surface area contributed by atoms with Crippen LogP contribution in [0, 0.1) is 0 Å². The maximum atomic E-state index is 12.1. The molecule has 0 atom stereocenters. The van der Waals surface area contributed by atoms with Gasteiger partial charge in [0.2, 0.25) is 5.91 Å². The topological polar surface area (TPSA) is 63.4 Å². The van der Waals surface area contributed by atoms with E-state index in [2.05, 4.69) is 0 Å². The van der Waals surface area contributed by atoms with Crippen LogP contribution in [0.3, 0.4) is 0 Å². The molecule has 2 amide bonds. The van der Waals surface area contributed by atoms with E-state index in [1.54, 1.807) is 18.2 Å². The Morgan fingerprint density at radius 2 is 1.90 bits per heavy atom. The molecule has 1 heterocycles. The highest BCUT2D eigenvalue weighted by Gasteiger charge is 2.16. The smallest absolute Gasteiger partial charge is 0.264 e. The number of hydrogen-bond acceptors (Lipinski definition) is 3. The van der Waals surface area contributed by atoms with Crippen LogP contribution < -0.4 is 5.73 Å². The fourth-order valence-electron chi connectivity index (χ4n) is 1.75. The minimum absolute atomic E-state index is 0.112. The fraction of sp³-hybridized carbons (Fsp3) is 0.143. The van der Waals surface area contributed by atoms with Crippen molar-refractivity contribution >= 4 is 46.4 Å². The first-order valence-electron chi connectivity index (χ1n) is 5.97. The summed E-state index contributed by atoms with van der Waals surface area (Å²) in [4.78, 5) is 25.7. The molecule has 0 radical (unpaired) electrons. The molecule has 0 spiro atoms. The molecule has 0 aliphatic heterocycles. The number of carbonyl (C=O) groups is 2. The van der Waals surface area contributed by atoms with Crippen LogP contribution in [0.4, 0.5) is 0 Å². The van der Waals surface area contributed by atoms with Gasteiger partial charge < -0.3 is 10.6 Å². The van der Waals surface area contributed by atoms with Crippen molar-refractivity contribution in [3.63, 3.8) is 0 Å².